The van der Waals surface area contributed by atoms with E-state index < -0.39 is 18.9 Å². The van der Waals surface area contributed by atoms with Gasteiger partial charge in [0.2, 0.25) is 0 Å². The standard InChI is InChI=1S/C12H22F4N2/c1-2-4-11(5-3-6-17-7-11)8-18-9-12(15,16)10(13)14/h10,17-18H,2-9H2,1H3. The number of nitrogens with one attached hydrogen (secondary N) is 2. The van der Waals surface area contributed by atoms with Crippen LogP contribution in [0.2, 0.25) is 0 Å². The summed E-state index contributed by atoms with van der Waals surface area (Å²) in [6, 6.07) is 0. The van der Waals surface area contributed by atoms with E-state index in [1.54, 1.807) is 0 Å². The van der Waals surface area contributed by atoms with Gasteiger partial charge in [-0.05, 0) is 31.2 Å². The SMILES string of the molecule is CCCC1(CNCC(F)(F)C(F)F)CCCNC1. The highest BCUT2D eigenvalue weighted by Crippen LogP contribution is 2.31. The van der Waals surface area contributed by atoms with Crippen molar-refractivity contribution in [3.63, 3.8) is 0 Å². The van der Waals surface area contributed by atoms with Crippen LogP contribution in [-0.2, 0) is 0 Å². The Labute approximate surface area is 106 Å². The Morgan fingerprint density at radius 3 is 2.61 bits per heavy atom. The maximum atomic E-state index is 12.8. The summed E-state index contributed by atoms with van der Waals surface area (Å²) in [4.78, 5) is 0. The topological polar surface area (TPSA) is 24.1 Å². The van der Waals surface area contributed by atoms with Gasteiger partial charge in [-0.2, -0.15) is 8.78 Å². The van der Waals surface area contributed by atoms with Crippen LogP contribution in [0.25, 0.3) is 0 Å². The molecule has 1 rings (SSSR count). The van der Waals surface area contributed by atoms with Gasteiger partial charge in [0.05, 0.1) is 6.54 Å². The third kappa shape index (κ3) is 4.39. The Hall–Kier alpha value is -0.360. The maximum absolute atomic E-state index is 12.8. The zero-order chi connectivity index (χ0) is 13.6. The first kappa shape index (κ1) is 15.7. The fourth-order valence-electron chi connectivity index (χ4n) is 2.58. The molecule has 2 nitrogen and oxygen atoms in total. The van der Waals surface area contributed by atoms with Crippen molar-refractivity contribution in [3.05, 3.63) is 0 Å². The lowest BCUT2D eigenvalue weighted by molar-refractivity contribution is -0.126. The van der Waals surface area contributed by atoms with E-state index in [4.69, 9.17) is 0 Å². The Kier molecular flexibility index (Phi) is 5.85. The summed E-state index contributed by atoms with van der Waals surface area (Å²) in [5.74, 6) is -3.94. The van der Waals surface area contributed by atoms with Crippen molar-refractivity contribution in [2.24, 2.45) is 5.41 Å². The quantitative estimate of drug-likeness (QED) is 0.695. The molecular formula is C12H22F4N2. The lowest BCUT2D eigenvalue weighted by atomic mass is 9.77. The Morgan fingerprint density at radius 1 is 1.39 bits per heavy atom. The van der Waals surface area contributed by atoms with Gasteiger partial charge >= 0.3 is 12.3 Å². The van der Waals surface area contributed by atoms with Crippen LogP contribution in [0.15, 0.2) is 0 Å². The smallest absolute Gasteiger partial charge is 0.316 e. The van der Waals surface area contributed by atoms with Crippen molar-refractivity contribution in [3.8, 4) is 0 Å². The lowest BCUT2D eigenvalue weighted by Gasteiger charge is -2.38. The van der Waals surface area contributed by atoms with E-state index in [1.807, 2.05) is 6.92 Å². The molecule has 1 fully saturated rings. The molecule has 0 aromatic rings. The highest BCUT2D eigenvalue weighted by molar-refractivity contribution is 4.88. The molecule has 1 heterocycles. The van der Waals surface area contributed by atoms with Crippen LogP contribution in [0.1, 0.15) is 32.6 Å². The average Bonchev–Trinajstić information content (AvgIpc) is 2.30. The molecule has 1 unspecified atom stereocenters. The van der Waals surface area contributed by atoms with Crippen molar-refractivity contribution in [2.75, 3.05) is 26.2 Å². The number of rotatable bonds is 7. The number of piperidine rings is 1. The highest BCUT2D eigenvalue weighted by atomic mass is 19.3. The Morgan fingerprint density at radius 2 is 2.11 bits per heavy atom. The molecule has 0 amide bonds. The molecule has 6 heteroatoms. The first-order valence-corrected chi connectivity index (χ1v) is 6.49. The molecule has 0 bridgehead atoms. The Bertz CT molecular complexity index is 235. The number of alkyl halides is 4. The second-order valence-electron chi connectivity index (χ2n) is 5.20. The zero-order valence-electron chi connectivity index (χ0n) is 10.7. The van der Waals surface area contributed by atoms with Crippen LogP contribution >= 0.6 is 0 Å². The normalized spacial score (nSPS) is 25.7. The summed E-state index contributed by atoms with van der Waals surface area (Å²) in [5, 5.41) is 5.79. The molecule has 0 aromatic carbocycles. The molecule has 0 spiro atoms. The van der Waals surface area contributed by atoms with Crippen molar-refractivity contribution in [2.45, 2.75) is 45.0 Å². The van der Waals surface area contributed by atoms with Gasteiger partial charge in [0.1, 0.15) is 0 Å². The van der Waals surface area contributed by atoms with E-state index >= 15 is 0 Å². The van der Waals surface area contributed by atoms with Gasteiger partial charge in [0.15, 0.2) is 0 Å². The lowest BCUT2D eigenvalue weighted by Crippen LogP contribution is -2.49. The van der Waals surface area contributed by atoms with E-state index in [0.29, 0.717) is 6.54 Å². The van der Waals surface area contributed by atoms with E-state index in [9.17, 15) is 17.6 Å². The molecule has 0 aromatic heterocycles. The molecule has 0 saturated carbocycles. The van der Waals surface area contributed by atoms with Crippen molar-refractivity contribution in [1.29, 1.82) is 0 Å². The first-order chi connectivity index (χ1) is 8.42. The maximum Gasteiger partial charge on any atom is 0.319 e. The van der Waals surface area contributed by atoms with Gasteiger partial charge in [-0.3, -0.25) is 0 Å². The van der Waals surface area contributed by atoms with Gasteiger partial charge in [-0.1, -0.05) is 13.3 Å². The van der Waals surface area contributed by atoms with Gasteiger partial charge < -0.3 is 10.6 Å². The van der Waals surface area contributed by atoms with Crippen LogP contribution in [0, 0.1) is 5.41 Å². The monoisotopic (exact) mass is 270 g/mol. The predicted molar refractivity (Wildman–Crippen MR) is 63.3 cm³/mol. The molecular weight excluding hydrogens is 248 g/mol. The highest BCUT2D eigenvalue weighted by Gasteiger charge is 2.41. The van der Waals surface area contributed by atoms with Crippen LogP contribution in [-0.4, -0.2) is 38.5 Å². The molecule has 1 atom stereocenters. The van der Waals surface area contributed by atoms with Crippen LogP contribution in [0.4, 0.5) is 17.6 Å². The zero-order valence-corrected chi connectivity index (χ0v) is 10.7. The molecule has 18 heavy (non-hydrogen) atoms. The summed E-state index contributed by atoms with van der Waals surface area (Å²) in [6.45, 7) is 3.18. The van der Waals surface area contributed by atoms with Gasteiger partial charge in [-0.25, -0.2) is 8.78 Å². The second kappa shape index (κ2) is 6.70. The average molecular weight is 270 g/mol. The molecule has 1 saturated heterocycles. The van der Waals surface area contributed by atoms with Gasteiger partial charge in [0, 0.05) is 13.1 Å². The molecule has 0 radical (unpaired) electrons. The predicted octanol–water partition coefficient (Wildman–Crippen LogP) is 2.65. The Balaban J connectivity index is 2.43. The number of hydrogen-bond donors (Lipinski definition) is 2. The van der Waals surface area contributed by atoms with Crippen LogP contribution in [0.5, 0.6) is 0 Å². The van der Waals surface area contributed by atoms with E-state index in [-0.39, 0.29) is 5.41 Å². The molecule has 1 aliphatic rings. The largest absolute Gasteiger partial charge is 0.319 e. The fourth-order valence-corrected chi connectivity index (χ4v) is 2.58. The second-order valence-corrected chi connectivity index (χ2v) is 5.20. The fraction of sp³-hybridized carbons (Fsp3) is 1.00. The van der Waals surface area contributed by atoms with Crippen LogP contribution < -0.4 is 10.6 Å². The van der Waals surface area contributed by atoms with E-state index in [0.717, 1.165) is 38.8 Å². The summed E-state index contributed by atoms with van der Waals surface area (Å²) < 4.78 is 49.6. The van der Waals surface area contributed by atoms with Crippen molar-refractivity contribution < 1.29 is 17.6 Å². The summed E-state index contributed by atoms with van der Waals surface area (Å²) in [7, 11) is 0. The minimum absolute atomic E-state index is 0.0643. The molecule has 0 aliphatic carbocycles. The molecule has 1 aliphatic heterocycles. The molecule has 108 valence electrons. The van der Waals surface area contributed by atoms with Gasteiger partial charge in [0.25, 0.3) is 0 Å². The van der Waals surface area contributed by atoms with Crippen LogP contribution in [0.3, 0.4) is 0 Å². The minimum atomic E-state index is -3.94. The number of hydrogen-bond acceptors (Lipinski definition) is 2. The number of halogens is 4. The first-order valence-electron chi connectivity index (χ1n) is 6.49. The third-order valence-corrected chi connectivity index (χ3v) is 3.52. The van der Waals surface area contributed by atoms with Crippen molar-refractivity contribution in [1.82, 2.24) is 10.6 Å². The summed E-state index contributed by atoms with van der Waals surface area (Å²) in [5.41, 5.74) is -0.0643. The third-order valence-electron chi connectivity index (χ3n) is 3.52. The minimum Gasteiger partial charge on any atom is -0.316 e. The summed E-state index contributed by atoms with van der Waals surface area (Å²) >= 11 is 0. The van der Waals surface area contributed by atoms with E-state index in [1.165, 1.54) is 0 Å². The van der Waals surface area contributed by atoms with Gasteiger partial charge in [-0.15, -0.1) is 0 Å². The summed E-state index contributed by atoms with van der Waals surface area (Å²) in [6.07, 6.45) is 0.257. The molecule has 2 N–H and O–H groups in total. The van der Waals surface area contributed by atoms with Crippen molar-refractivity contribution >= 4 is 0 Å². The van der Waals surface area contributed by atoms with E-state index in [2.05, 4.69) is 10.6 Å².